The van der Waals surface area contributed by atoms with E-state index in [-0.39, 0.29) is 18.0 Å². The Balaban J connectivity index is 1.80. The number of nitrogens with zero attached hydrogens (tertiary/aromatic N) is 3. The minimum atomic E-state index is -0.436. The van der Waals surface area contributed by atoms with Crippen molar-refractivity contribution in [1.82, 2.24) is 4.90 Å². The summed E-state index contributed by atoms with van der Waals surface area (Å²) >= 11 is 0. The van der Waals surface area contributed by atoms with Crippen molar-refractivity contribution in [2.75, 3.05) is 25.0 Å². The number of hydrogen-bond acceptors (Lipinski definition) is 4. The summed E-state index contributed by atoms with van der Waals surface area (Å²) in [5.74, 6) is -0.0885. The summed E-state index contributed by atoms with van der Waals surface area (Å²) < 4.78 is 0. The summed E-state index contributed by atoms with van der Waals surface area (Å²) in [6, 6.07) is 14.4. The fourth-order valence-electron chi connectivity index (χ4n) is 3.02. The highest BCUT2D eigenvalue weighted by atomic mass is 16.6. The van der Waals surface area contributed by atoms with Gasteiger partial charge in [-0.15, -0.1) is 0 Å². The van der Waals surface area contributed by atoms with Crippen LogP contribution in [0.3, 0.4) is 0 Å². The first-order valence-corrected chi connectivity index (χ1v) is 7.85. The van der Waals surface area contributed by atoms with Crippen molar-refractivity contribution >= 4 is 17.3 Å². The Hall–Kier alpha value is -2.89. The average molecular weight is 325 g/mol. The van der Waals surface area contributed by atoms with Crippen molar-refractivity contribution in [3.63, 3.8) is 0 Å². The number of benzene rings is 2. The molecule has 0 fully saturated rings. The zero-order chi connectivity index (χ0) is 17.1. The molecule has 0 aliphatic carbocycles. The number of fused-ring (bicyclic) bond motifs is 1. The third kappa shape index (κ3) is 3.22. The highest BCUT2D eigenvalue weighted by Crippen LogP contribution is 2.25. The van der Waals surface area contributed by atoms with E-state index in [4.69, 9.17) is 0 Å². The number of nitro benzene ring substituents is 1. The molecule has 0 atom stereocenters. The van der Waals surface area contributed by atoms with E-state index < -0.39 is 4.92 Å². The molecule has 0 saturated carbocycles. The first-order chi connectivity index (χ1) is 11.6. The van der Waals surface area contributed by atoms with Crippen LogP contribution < -0.4 is 4.90 Å². The van der Waals surface area contributed by atoms with Crippen LogP contribution in [0.1, 0.15) is 11.1 Å². The molecule has 1 aliphatic rings. The zero-order valence-corrected chi connectivity index (χ0v) is 13.5. The van der Waals surface area contributed by atoms with Gasteiger partial charge in [-0.25, -0.2) is 0 Å². The van der Waals surface area contributed by atoms with Crippen molar-refractivity contribution < 1.29 is 9.72 Å². The molecule has 0 spiro atoms. The molecular formula is C18H19N3O3. The van der Waals surface area contributed by atoms with Gasteiger partial charge in [-0.2, -0.15) is 0 Å². The van der Waals surface area contributed by atoms with Crippen molar-refractivity contribution in [3.05, 3.63) is 69.8 Å². The molecule has 2 aromatic carbocycles. The topological polar surface area (TPSA) is 66.7 Å². The molecule has 1 amide bonds. The molecule has 6 heteroatoms. The highest BCUT2D eigenvalue weighted by molar-refractivity contribution is 5.80. The molecular weight excluding hydrogens is 306 g/mol. The molecule has 0 radical (unpaired) electrons. The molecule has 0 aromatic heterocycles. The summed E-state index contributed by atoms with van der Waals surface area (Å²) in [6.45, 7) is 1.87. The molecule has 0 N–H and O–H groups in total. The van der Waals surface area contributed by atoms with E-state index in [9.17, 15) is 14.9 Å². The van der Waals surface area contributed by atoms with Crippen LogP contribution in [0.15, 0.2) is 48.5 Å². The molecule has 3 rings (SSSR count). The van der Waals surface area contributed by atoms with Crippen LogP contribution in [0.25, 0.3) is 0 Å². The Morgan fingerprint density at radius 1 is 1.12 bits per heavy atom. The Labute approximate surface area is 140 Å². The fraction of sp³-hybridized carbons (Fsp3) is 0.278. The number of nitro groups is 1. The van der Waals surface area contributed by atoms with Gasteiger partial charge in [0.15, 0.2) is 0 Å². The molecule has 0 bridgehead atoms. The number of hydrogen-bond donors (Lipinski definition) is 0. The van der Waals surface area contributed by atoms with Gasteiger partial charge in [0.1, 0.15) is 0 Å². The molecule has 1 heterocycles. The molecule has 24 heavy (non-hydrogen) atoms. The number of amides is 1. The summed E-state index contributed by atoms with van der Waals surface area (Å²) in [7, 11) is 2.01. The number of anilines is 1. The maximum absolute atomic E-state index is 12.7. The van der Waals surface area contributed by atoms with Gasteiger partial charge in [0.05, 0.1) is 11.3 Å². The maximum Gasteiger partial charge on any atom is 0.273 e. The van der Waals surface area contributed by atoms with E-state index in [1.807, 2.05) is 31.3 Å². The second kappa shape index (κ2) is 6.70. The smallest absolute Gasteiger partial charge is 0.273 e. The normalized spacial score (nSPS) is 14.0. The van der Waals surface area contributed by atoms with Crippen molar-refractivity contribution in [3.8, 4) is 0 Å². The van der Waals surface area contributed by atoms with E-state index in [2.05, 4.69) is 4.90 Å². The Morgan fingerprint density at radius 2 is 1.83 bits per heavy atom. The zero-order valence-electron chi connectivity index (χ0n) is 13.5. The molecule has 1 aliphatic heterocycles. The van der Waals surface area contributed by atoms with E-state index in [0.717, 1.165) is 17.8 Å². The predicted molar refractivity (Wildman–Crippen MR) is 91.9 cm³/mol. The van der Waals surface area contributed by atoms with Crippen molar-refractivity contribution in [2.45, 2.75) is 13.0 Å². The quantitative estimate of drug-likeness (QED) is 0.643. The number of carbonyl (C=O) groups is 1. The number of para-hydroxylation sites is 2. The highest BCUT2D eigenvalue weighted by Gasteiger charge is 2.23. The summed E-state index contributed by atoms with van der Waals surface area (Å²) in [6.07, 6.45) is 0.0447. The van der Waals surface area contributed by atoms with Gasteiger partial charge in [-0.05, 0) is 11.6 Å². The van der Waals surface area contributed by atoms with E-state index in [0.29, 0.717) is 18.7 Å². The van der Waals surface area contributed by atoms with Crippen molar-refractivity contribution in [1.29, 1.82) is 0 Å². The second-order valence-corrected chi connectivity index (χ2v) is 5.93. The van der Waals surface area contributed by atoms with Crippen LogP contribution in [0.4, 0.5) is 11.4 Å². The minimum absolute atomic E-state index is 0.00168. The lowest BCUT2D eigenvalue weighted by Crippen LogP contribution is -2.35. The number of rotatable bonds is 3. The van der Waals surface area contributed by atoms with Gasteiger partial charge in [0.25, 0.3) is 5.69 Å². The minimum Gasteiger partial charge on any atom is -0.373 e. The van der Waals surface area contributed by atoms with Crippen LogP contribution >= 0.6 is 0 Å². The molecule has 0 unspecified atom stereocenters. The summed E-state index contributed by atoms with van der Waals surface area (Å²) in [5.41, 5.74) is 2.67. The average Bonchev–Trinajstić information content (AvgIpc) is 2.75. The molecule has 6 nitrogen and oxygen atoms in total. The lowest BCUT2D eigenvalue weighted by Gasteiger charge is -2.21. The fourth-order valence-corrected chi connectivity index (χ4v) is 3.02. The predicted octanol–water partition coefficient (Wildman–Crippen LogP) is 2.62. The van der Waals surface area contributed by atoms with Gasteiger partial charge in [-0.1, -0.05) is 36.4 Å². The monoisotopic (exact) mass is 325 g/mol. The lowest BCUT2D eigenvalue weighted by molar-refractivity contribution is -0.385. The molecule has 2 aromatic rings. The van der Waals surface area contributed by atoms with Crippen molar-refractivity contribution in [2.24, 2.45) is 0 Å². The number of likely N-dealkylation sites (N-methyl/N-ethyl adjacent to an activating group) is 1. The SMILES string of the molecule is CN1CCN(C(=O)Cc2ccccc2[N+](=O)[O-])Cc2ccccc21. The lowest BCUT2D eigenvalue weighted by atomic mass is 10.1. The Kier molecular flexibility index (Phi) is 4.46. The standard InChI is InChI=1S/C18H19N3O3/c1-19-10-11-20(13-15-7-3-4-8-16(15)19)18(22)12-14-6-2-5-9-17(14)21(23)24/h2-9H,10-13H2,1H3. The third-order valence-electron chi connectivity index (χ3n) is 4.35. The first kappa shape index (κ1) is 16.0. The van der Waals surface area contributed by atoms with Crippen LogP contribution in [0.2, 0.25) is 0 Å². The second-order valence-electron chi connectivity index (χ2n) is 5.93. The van der Waals surface area contributed by atoms with E-state index >= 15 is 0 Å². The van der Waals surface area contributed by atoms with Crippen LogP contribution in [0.5, 0.6) is 0 Å². The van der Waals surface area contributed by atoms with Crippen LogP contribution in [-0.4, -0.2) is 35.9 Å². The largest absolute Gasteiger partial charge is 0.373 e. The van der Waals surface area contributed by atoms with E-state index in [1.165, 1.54) is 6.07 Å². The molecule has 124 valence electrons. The number of carbonyl (C=O) groups excluding carboxylic acids is 1. The Morgan fingerprint density at radius 3 is 2.62 bits per heavy atom. The van der Waals surface area contributed by atoms with Crippen LogP contribution in [0, 0.1) is 10.1 Å². The third-order valence-corrected chi connectivity index (χ3v) is 4.35. The summed E-state index contributed by atoms with van der Waals surface area (Å²) in [5, 5.41) is 11.1. The van der Waals surface area contributed by atoms with Gasteiger partial charge in [0, 0.05) is 44.0 Å². The van der Waals surface area contributed by atoms with E-state index in [1.54, 1.807) is 23.1 Å². The Bertz CT molecular complexity index is 776. The first-order valence-electron chi connectivity index (χ1n) is 7.85. The van der Waals surface area contributed by atoms with Crippen LogP contribution in [-0.2, 0) is 17.8 Å². The van der Waals surface area contributed by atoms with Gasteiger partial charge in [-0.3, -0.25) is 14.9 Å². The van der Waals surface area contributed by atoms with Gasteiger partial charge in [0.2, 0.25) is 5.91 Å². The summed E-state index contributed by atoms with van der Waals surface area (Å²) in [4.78, 5) is 27.3. The van der Waals surface area contributed by atoms with Gasteiger partial charge >= 0.3 is 0 Å². The molecule has 0 saturated heterocycles. The van der Waals surface area contributed by atoms with Gasteiger partial charge < -0.3 is 9.80 Å². The maximum atomic E-state index is 12.7.